The molecular weight excluding hydrogens is 465 g/mol. The van der Waals surface area contributed by atoms with Crippen molar-refractivity contribution >= 4 is 36.6 Å². The molecular formula is C24H35N7O3P+. The molecule has 0 radical (unpaired) electrons. The maximum Gasteiger partial charge on any atom is 0.277 e. The van der Waals surface area contributed by atoms with Crippen molar-refractivity contribution in [2.45, 2.75) is 40.4 Å². The molecule has 11 heteroatoms. The SMILES string of the molecule is CCn1c(CNC(=O)c2nc(C)cnc2N)[n+](CC)c2ccc(C(=O)NCCOCP(C)C)cc21. The smallest absolute Gasteiger partial charge is 0.277 e. The highest BCUT2D eigenvalue weighted by atomic mass is 31.1. The molecule has 0 bridgehead atoms. The Bertz CT molecular complexity index is 1210. The predicted molar refractivity (Wildman–Crippen MR) is 138 cm³/mol. The third-order valence-corrected chi connectivity index (χ3v) is 6.20. The van der Waals surface area contributed by atoms with Gasteiger partial charge in [0.05, 0.1) is 37.9 Å². The average molecular weight is 501 g/mol. The molecule has 0 saturated heterocycles. The molecule has 35 heavy (non-hydrogen) atoms. The van der Waals surface area contributed by atoms with Crippen molar-refractivity contribution in [3.8, 4) is 0 Å². The van der Waals surface area contributed by atoms with E-state index < -0.39 is 0 Å². The maximum absolute atomic E-state index is 12.8. The van der Waals surface area contributed by atoms with Crippen LogP contribution in [0.4, 0.5) is 5.82 Å². The number of imidazole rings is 1. The largest absolute Gasteiger partial charge is 0.382 e. The van der Waals surface area contributed by atoms with Gasteiger partial charge >= 0.3 is 0 Å². The highest BCUT2D eigenvalue weighted by Crippen LogP contribution is 2.23. The maximum atomic E-state index is 12.8. The summed E-state index contributed by atoms with van der Waals surface area (Å²) in [5.41, 5.74) is 9.09. The number of hydrogen-bond donors (Lipinski definition) is 3. The summed E-state index contributed by atoms with van der Waals surface area (Å²) in [6.07, 6.45) is 2.26. The molecule has 0 atom stereocenters. The fourth-order valence-electron chi connectivity index (χ4n) is 3.91. The number of ether oxygens (including phenoxy) is 1. The Labute approximate surface area is 207 Å². The molecule has 0 spiro atoms. The summed E-state index contributed by atoms with van der Waals surface area (Å²) in [6.45, 7) is 12.8. The first-order valence-electron chi connectivity index (χ1n) is 11.7. The first-order chi connectivity index (χ1) is 16.8. The molecule has 10 nitrogen and oxygen atoms in total. The van der Waals surface area contributed by atoms with Gasteiger partial charge in [0.2, 0.25) is 0 Å². The van der Waals surface area contributed by atoms with Crippen molar-refractivity contribution in [1.29, 1.82) is 0 Å². The van der Waals surface area contributed by atoms with Crippen molar-refractivity contribution in [3.63, 3.8) is 0 Å². The molecule has 188 valence electrons. The lowest BCUT2D eigenvalue weighted by atomic mass is 10.2. The average Bonchev–Trinajstić information content (AvgIpc) is 3.14. The van der Waals surface area contributed by atoms with E-state index in [0.717, 1.165) is 23.2 Å². The van der Waals surface area contributed by atoms with Crippen LogP contribution in [-0.2, 0) is 24.4 Å². The highest BCUT2D eigenvalue weighted by Gasteiger charge is 2.25. The Balaban J connectivity index is 1.80. The normalized spacial score (nSPS) is 11.3. The zero-order chi connectivity index (χ0) is 25.5. The second kappa shape index (κ2) is 12.0. The van der Waals surface area contributed by atoms with Crippen LogP contribution in [0, 0.1) is 6.92 Å². The molecule has 0 aliphatic carbocycles. The van der Waals surface area contributed by atoms with Crippen LogP contribution in [0.15, 0.2) is 24.4 Å². The standard InChI is InChI=1S/C24H34N7O3P/c1-6-30-18-9-8-17(23(32)26-10-11-34-15-35(4)5)12-19(18)31(7-2)20(30)14-28-24(33)21-22(25)27-13-16(3)29-21/h8-9,12-13H,6-7,10-11,14-15H2,1-5H3,(H3-,25,26,27,28,32,33)/p+1. The van der Waals surface area contributed by atoms with E-state index in [0.29, 0.717) is 37.5 Å². The van der Waals surface area contributed by atoms with Gasteiger partial charge in [0.1, 0.15) is 6.54 Å². The number of nitrogens with two attached hydrogens (primary N) is 1. The van der Waals surface area contributed by atoms with Crippen molar-refractivity contribution in [2.75, 3.05) is 38.6 Å². The van der Waals surface area contributed by atoms with Crippen LogP contribution >= 0.6 is 7.92 Å². The Morgan fingerprint density at radius 2 is 1.97 bits per heavy atom. The van der Waals surface area contributed by atoms with E-state index >= 15 is 0 Å². The van der Waals surface area contributed by atoms with Gasteiger partial charge in [-0.1, -0.05) is 7.92 Å². The van der Waals surface area contributed by atoms with Gasteiger partial charge in [-0.3, -0.25) is 9.59 Å². The summed E-state index contributed by atoms with van der Waals surface area (Å²) in [5.74, 6) is 0.495. The lowest BCUT2D eigenvalue weighted by Crippen LogP contribution is -2.40. The molecule has 2 heterocycles. The topological polar surface area (TPSA) is 128 Å². The molecule has 0 aliphatic heterocycles. The summed E-state index contributed by atoms with van der Waals surface area (Å²) in [5, 5.41) is 5.85. The minimum atomic E-state index is -0.379. The number of hydrogen-bond acceptors (Lipinski definition) is 6. The van der Waals surface area contributed by atoms with E-state index in [9.17, 15) is 9.59 Å². The number of rotatable bonds is 11. The Morgan fingerprint density at radius 1 is 1.20 bits per heavy atom. The van der Waals surface area contributed by atoms with Crippen LogP contribution in [0.25, 0.3) is 11.0 Å². The fourth-order valence-corrected chi connectivity index (χ4v) is 4.41. The number of aryl methyl sites for hydroxylation is 3. The number of aromatic nitrogens is 4. The minimum absolute atomic E-state index is 0.0960. The molecule has 3 aromatic rings. The van der Waals surface area contributed by atoms with Gasteiger partial charge in [-0.15, -0.1) is 0 Å². The predicted octanol–water partition coefficient (Wildman–Crippen LogP) is 2.02. The number of nitrogen functional groups attached to an aromatic ring is 1. The number of benzene rings is 1. The quantitative estimate of drug-likeness (QED) is 0.210. The number of fused-ring (bicyclic) bond motifs is 1. The van der Waals surface area contributed by atoms with Crippen LogP contribution in [-0.4, -0.2) is 59.2 Å². The molecule has 1 aromatic carbocycles. The lowest BCUT2D eigenvalue weighted by Gasteiger charge is -2.08. The molecule has 0 aliphatic rings. The lowest BCUT2D eigenvalue weighted by molar-refractivity contribution is -0.676. The van der Waals surface area contributed by atoms with E-state index in [4.69, 9.17) is 10.5 Å². The summed E-state index contributed by atoms with van der Waals surface area (Å²) in [6, 6.07) is 5.68. The van der Waals surface area contributed by atoms with Gasteiger partial charge < -0.3 is 21.1 Å². The second-order valence-corrected chi connectivity index (χ2v) is 10.8. The monoisotopic (exact) mass is 500 g/mol. The summed E-state index contributed by atoms with van der Waals surface area (Å²) in [7, 11) is -0.107. The van der Waals surface area contributed by atoms with Gasteiger partial charge in [-0.2, -0.15) is 0 Å². The zero-order valence-electron chi connectivity index (χ0n) is 21.1. The molecule has 0 fully saturated rings. The highest BCUT2D eigenvalue weighted by molar-refractivity contribution is 7.55. The van der Waals surface area contributed by atoms with E-state index in [1.54, 1.807) is 6.92 Å². The summed E-state index contributed by atoms with van der Waals surface area (Å²) in [4.78, 5) is 33.7. The zero-order valence-corrected chi connectivity index (χ0v) is 22.0. The van der Waals surface area contributed by atoms with Crippen LogP contribution in [0.5, 0.6) is 0 Å². The van der Waals surface area contributed by atoms with Crippen molar-refractivity contribution in [2.24, 2.45) is 0 Å². The van der Waals surface area contributed by atoms with Gasteiger partial charge in [0.25, 0.3) is 17.6 Å². The molecule has 0 unspecified atom stereocenters. The van der Waals surface area contributed by atoms with E-state index in [-0.39, 0.29) is 37.8 Å². The van der Waals surface area contributed by atoms with Crippen molar-refractivity contribution < 1.29 is 18.9 Å². The third kappa shape index (κ3) is 6.32. The van der Waals surface area contributed by atoms with Crippen molar-refractivity contribution in [1.82, 2.24) is 25.2 Å². The Hall–Kier alpha value is -3.10. The number of nitrogens with one attached hydrogen (secondary N) is 2. The number of carbonyl (C=O) groups is 2. The second-order valence-electron chi connectivity index (χ2n) is 8.41. The number of nitrogens with zero attached hydrogens (tertiary/aromatic N) is 4. The van der Waals surface area contributed by atoms with Gasteiger partial charge in [0, 0.05) is 18.2 Å². The first-order valence-corrected chi connectivity index (χ1v) is 14.1. The van der Waals surface area contributed by atoms with Crippen LogP contribution in [0.3, 0.4) is 0 Å². The van der Waals surface area contributed by atoms with Crippen molar-refractivity contribution in [3.05, 3.63) is 47.2 Å². The van der Waals surface area contributed by atoms with Crippen LogP contribution in [0.2, 0.25) is 0 Å². The molecule has 2 aromatic heterocycles. The Kier molecular flexibility index (Phi) is 9.12. The summed E-state index contributed by atoms with van der Waals surface area (Å²) >= 11 is 0. The fraction of sp³-hybridized carbons (Fsp3) is 0.458. The van der Waals surface area contributed by atoms with E-state index in [1.165, 1.54) is 6.20 Å². The third-order valence-electron chi connectivity index (χ3n) is 5.50. The van der Waals surface area contributed by atoms with E-state index in [1.807, 2.05) is 32.0 Å². The van der Waals surface area contributed by atoms with Gasteiger partial charge in [-0.05, 0) is 46.2 Å². The molecule has 2 amide bonds. The van der Waals surface area contributed by atoms with Gasteiger partial charge in [-0.25, -0.2) is 19.1 Å². The molecule has 0 saturated carbocycles. The Morgan fingerprint density at radius 3 is 2.66 bits per heavy atom. The van der Waals surface area contributed by atoms with Gasteiger partial charge in [0.15, 0.2) is 22.5 Å². The van der Waals surface area contributed by atoms with E-state index in [2.05, 4.69) is 43.1 Å². The number of anilines is 1. The minimum Gasteiger partial charge on any atom is -0.382 e. The van der Waals surface area contributed by atoms with Crippen LogP contribution < -0.4 is 20.9 Å². The van der Waals surface area contributed by atoms with Crippen LogP contribution in [0.1, 0.15) is 46.2 Å². The summed E-state index contributed by atoms with van der Waals surface area (Å²) < 4.78 is 9.81. The molecule has 3 rings (SSSR count). The first kappa shape index (κ1) is 26.5. The number of carbonyl (C=O) groups excluding carboxylic acids is 2. The number of amides is 2. The molecule has 4 N–H and O–H groups in total.